The molecule has 0 aliphatic carbocycles. The van der Waals surface area contributed by atoms with Crippen molar-refractivity contribution in [2.24, 2.45) is 5.92 Å². The van der Waals surface area contributed by atoms with Crippen LogP contribution in [0.15, 0.2) is 30.5 Å². The fraction of sp³-hybridized carbons (Fsp3) is 0.385. The second-order valence-electron chi connectivity index (χ2n) is 9.14. The van der Waals surface area contributed by atoms with Crippen LogP contribution in [0.5, 0.6) is 0 Å². The lowest BCUT2D eigenvalue weighted by atomic mass is 9.96. The highest BCUT2D eigenvalue weighted by atomic mass is 35.5. The second-order valence-corrected chi connectivity index (χ2v) is 9.93. The highest BCUT2D eigenvalue weighted by molar-refractivity contribution is 6.40. The third kappa shape index (κ3) is 4.99. The number of nitrogens with zero attached hydrogens (tertiary/aromatic N) is 2. The minimum absolute atomic E-state index is 0.0940. The molecule has 1 saturated heterocycles. The zero-order valence-corrected chi connectivity index (χ0v) is 21.5. The number of alkyl halides is 3. The standard InChI is InChI=1S/C26H25Cl2F3N2O3/c1-14-10-18(26(29,30)31)11-19-15(2)12-33(23(14)19)24(34)21-20(27)5-4-17(22(21)28)13-32-8-6-16(7-9-32)25(35)36-3/h4-5,10-12,16H,6-9,13H2,1-3H3. The van der Waals surface area contributed by atoms with Crippen molar-refractivity contribution in [2.75, 3.05) is 20.2 Å². The smallest absolute Gasteiger partial charge is 0.416 e. The summed E-state index contributed by atoms with van der Waals surface area (Å²) >= 11 is 13.1. The molecule has 192 valence electrons. The normalized spacial score (nSPS) is 15.4. The quantitative estimate of drug-likeness (QED) is 0.347. The van der Waals surface area contributed by atoms with Gasteiger partial charge in [0.15, 0.2) is 0 Å². The van der Waals surface area contributed by atoms with Crippen molar-refractivity contribution >= 4 is 46.0 Å². The zero-order valence-electron chi connectivity index (χ0n) is 20.0. The predicted octanol–water partition coefficient (Wildman–Crippen LogP) is 6.66. The molecule has 0 amide bonds. The molecule has 3 aromatic rings. The van der Waals surface area contributed by atoms with Gasteiger partial charge in [-0.2, -0.15) is 13.2 Å². The molecule has 10 heteroatoms. The first kappa shape index (κ1) is 26.5. The lowest BCUT2D eigenvalue weighted by Crippen LogP contribution is -2.36. The molecule has 0 saturated carbocycles. The van der Waals surface area contributed by atoms with Crippen LogP contribution in [0.4, 0.5) is 13.2 Å². The van der Waals surface area contributed by atoms with Gasteiger partial charge in [-0.1, -0.05) is 29.3 Å². The van der Waals surface area contributed by atoms with Gasteiger partial charge < -0.3 is 4.74 Å². The summed E-state index contributed by atoms with van der Waals surface area (Å²) in [7, 11) is 1.38. The highest BCUT2D eigenvalue weighted by Crippen LogP contribution is 2.37. The molecule has 0 bridgehead atoms. The van der Waals surface area contributed by atoms with Crippen molar-refractivity contribution in [3.8, 4) is 0 Å². The topological polar surface area (TPSA) is 51.5 Å². The van der Waals surface area contributed by atoms with Gasteiger partial charge in [0.05, 0.1) is 39.7 Å². The Bertz CT molecular complexity index is 1340. The molecule has 0 atom stereocenters. The Morgan fingerprint density at radius 1 is 1.08 bits per heavy atom. The summed E-state index contributed by atoms with van der Waals surface area (Å²) in [6.45, 7) is 5.00. The van der Waals surface area contributed by atoms with Crippen LogP contribution in [-0.2, 0) is 22.3 Å². The van der Waals surface area contributed by atoms with E-state index < -0.39 is 17.6 Å². The minimum atomic E-state index is -4.50. The van der Waals surface area contributed by atoms with Crippen LogP contribution in [0.2, 0.25) is 10.0 Å². The van der Waals surface area contributed by atoms with E-state index in [0.29, 0.717) is 60.1 Å². The number of ether oxygens (including phenoxy) is 1. The van der Waals surface area contributed by atoms with E-state index in [1.54, 1.807) is 26.0 Å². The van der Waals surface area contributed by atoms with Crippen LogP contribution < -0.4 is 0 Å². The van der Waals surface area contributed by atoms with Crippen molar-refractivity contribution < 1.29 is 27.5 Å². The molecule has 36 heavy (non-hydrogen) atoms. The fourth-order valence-corrected chi connectivity index (χ4v) is 5.41. The molecule has 1 aromatic heterocycles. The predicted molar refractivity (Wildman–Crippen MR) is 133 cm³/mol. The Kier molecular flexibility index (Phi) is 7.42. The highest BCUT2D eigenvalue weighted by Gasteiger charge is 2.32. The summed E-state index contributed by atoms with van der Waals surface area (Å²) in [5.41, 5.74) is 1.26. The van der Waals surface area contributed by atoms with Crippen molar-refractivity contribution in [2.45, 2.75) is 39.4 Å². The van der Waals surface area contributed by atoms with Crippen LogP contribution in [0.3, 0.4) is 0 Å². The maximum Gasteiger partial charge on any atom is 0.416 e. The number of methoxy groups -OCH3 is 1. The molecule has 1 aliphatic rings. The molecule has 2 aromatic carbocycles. The molecular weight excluding hydrogens is 516 g/mol. The van der Waals surface area contributed by atoms with Gasteiger partial charge in [-0.25, -0.2) is 0 Å². The molecule has 2 heterocycles. The van der Waals surface area contributed by atoms with Gasteiger partial charge in [0, 0.05) is 18.1 Å². The van der Waals surface area contributed by atoms with E-state index in [1.807, 2.05) is 0 Å². The number of hydrogen-bond acceptors (Lipinski definition) is 4. The van der Waals surface area contributed by atoms with E-state index in [-0.39, 0.29) is 27.5 Å². The maximum atomic E-state index is 13.7. The molecule has 1 aliphatic heterocycles. The summed E-state index contributed by atoms with van der Waals surface area (Å²) in [5, 5.41) is 0.696. The monoisotopic (exact) mass is 540 g/mol. The first-order valence-corrected chi connectivity index (χ1v) is 12.2. The van der Waals surface area contributed by atoms with Crippen molar-refractivity contribution in [3.63, 3.8) is 0 Å². The molecule has 0 N–H and O–H groups in total. The number of aryl methyl sites for hydroxylation is 2. The molecule has 0 radical (unpaired) electrons. The Hall–Kier alpha value is -2.55. The van der Waals surface area contributed by atoms with Gasteiger partial charge in [-0.05, 0) is 74.7 Å². The third-order valence-electron chi connectivity index (χ3n) is 6.74. The molecule has 0 spiro atoms. The van der Waals surface area contributed by atoms with E-state index in [0.717, 1.165) is 12.1 Å². The van der Waals surface area contributed by atoms with Gasteiger partial charge in [0.2, 0.25) is 0 Å². The summed E-state index contributed by atoms with van der Waals surface area (Å²) in [6.07, 6.45) is -1.66. The number of aromatic nitrogens is 1. The van der Waals surface area contributed by atoms with Crippen molar-refractivity contribution in [1.82, 2.24) is 9.47 Å². The van der Waals surface area contributed by atoms with Gasteiger partial charge in [0.1, 0.15) is 0 Å². The Balaban J connectivity index is 1.66. The number of piperidine rings is 1. The van der Waals surface area contributed by atoms with Crippen molar-refractivity contribution in [1.29, 1.82) is 0 Å². The SMILES string of the molecule is COC(=O)C1CCN(Cc2ccc(Cl)c(C(=O)n3cc(C)c4cc(C(F)(F)F)cc(C)c43)c2Cl)CC1. The van der Waals surface area contributed by atoms with Crippen LogP contribution in [-0.4, -0.2) is 41.5 Å². The second kappa shape index (κ2) is 10.1. The largest absolute Gasteiger partial charge is 0.469 e. The summed E-state index contributed by atoms with van der Waals surface area (Å²) < 4.78 is 46.2. The first-order chi connectivity index (χ1) is 16.9. The van der Waals surface area contributed by atoms with Crippen molar-refractivity contribution in [3.05, 3.63) is 68.3 Å². The molecular formula is C26H25Cl2F3N2O3. The molecule has 0 unspecified atom stereocenters. The van der Waals surface area contributed by atoms with E-state index in [9.17, 15) is 22.8 Å². The van der Waals surface area contributed by atoms with Gasteiger partial charge in [-0.3, -0.25) is 19.1 Å². The Morgan fingerprint density at radius 2 is 1.75 bits per heavy atom. The number of carbonyl (C=O) groups is 2. The lowest BCUT2D eigenvalue weighted by Gasteiger charge is -2.31. The number of halogens is 5. The Morgan fingerprint density at radius 3 is 2.36 bits per heavy atom. The lowest BCUT2D eigenvalue weighted by molar-refractivity contribution is -0.147. The van der Waals surface area contributed by atoms with Crippen LogP contribution in [0.25, 0.3) is 10.9 Å². The number of rotatable bonds is 4. The van der Waals surface area contributed by atoms with E-state index >= 15 is 0 Å². The van der Waals surface area contributed by atoms with Gasteiger partial charge in [0.25, 0.3) is 5.91 Å². The van der Waals surface area contributed by atoms with Gasteiger partial charge in [-0.15, -0.1) is 0 Å². The number of benzene rings is 2. The summed E-state index contributed by atoms with van der Waals surface area (Å²) in [5.74, 6) is -0.855. The van der Waals surface area contributed by atoms with Crippen LogP contribution in [0.1, 0.15) is 45.5 Å². The van der Waals surface area contributed by atoms with Crippen LogP contribution in [0, 0.1) is 19.8 Å². The zero-order chi connectivity index (χ0) is 26.4. The number of likely N-dealkylation sites (tertiary alicyclic amines) is 1. The van der Waals surface area contributed by atoms with Gasteiger partial charge >= 0.3 is 12.1 Å². The number of fused-ring (bicyclic) bond motifs is 1. The summed E-state index contributed by atoms with van der Waals surface area (Å²) in [4.78, 5) is 27.6. The molecule has 5 nitrogen and oxygen atoms in total. The maximum absolute atomic E-state index is 13.7. The average Bonchev–Trinajstić information content (AvgIpc) is 3.17. The minimum Gasteiger partial charge on any atom is -0.469 e. The third-order valence-corrected chi connectivity index (χ3v) is 7.48. The molecule has 4 rings (SSSR count). The number of carbonyl (C=O) groups excluding carboxylic acids is 2. The van der Waals surface area contributed by atoms with Crippen LogP contribution >= 0.6 is 23.2 Å². The number of hydrogen-bond donors (Lipinski definition) is 0. The fourth-order valence-electron chi connectivity index (χ4n) is 4.82. The van der Waals surface area contributed by atoms with E-state index in [2.05, 4.69) is 4.90 Å². The average molecular weight is 541 g/mol. The van der Waals surface area contributed by atoms with E-state index in [1.165, 1.54) is 17.9 Å². The molecule has 1 fully saturated rings. The Labute approximate surface area is 216 Å². The van der Waals surface area contributed by atoms with E-state index in [4.69, 9.17) is 27.9 Å². The number of esters is 1. The summed E-state index contributed by atoms with van der Waals surface area (Å²) in [6, 6.07) is 5.44. The first-order valence-electron chi connectivity index (χ1n) is 11.4.